The van der Waals surface area contributed by atoms with Crippen LogP contribution >= 0.6 is 0 Å². The zero-order valence-electron chi connectivity index (χ0n) is 15.1. The van der Waals surface area contributed by atoms with Gasteiger partial charge in [-0.25, -0.2) is 9.48 Å². The van der Waals surface area contributed by atoms with Crippen LogP contribution in [0.25, 0.3) is 16.9 Å². The quantitative estimate of drug-likeness (QED) is 0.755. The van der Waals surface area contributed by atoms with Crippen molar-refractivity contribution in [3.8, 4) is 16.9 Å². The molecule has 1 N–H and O–H groups in total. The molecule has 28 heavy (non-hydrogen) atoms. The normalized spacial score (nSPS) is 16.7. The van der Waals surface area contributed by atoms with Crippen LogP contribution in [0.4, 0.5) is 0 Å². The molecule has 3 aromatic rings. The molecule has 7 heteroatoms. The Hall–Kier alpha value is -3.45. The summed E-state index contributed by atoms with van der Waals surface area (Å²) < 4.78 is 6.98. The van der Waals surface area contributed by atoms with Gasteiger partial charge >= 0.3 is 5.97 Å². The third-order valence-corrected chi connectivity index (χ3v) is 4.68. The van der Waals surface area contributed by atoms with Crippen LogP contribution in [0.2, 0.25) is 0 Å². The second kappa shape index (κ2) is 7.66. The van der Waals surface area contributed by atoms with E-state index in [9.17, 15) is 9.59 Å². The number of aromatic nitrogens is 2. The standard InChI is InChI=1S/C21H19N3O4/c25-20(23-11-12-28-19(14-23)21(26)27)16-7-4-8-17(13-16)24-18(9-10-22-24)15-5-2-1-3-6-15/h1-10,13,19H,11-12,14H2,(H,26,27). The summed E-state index contributed by atoms with van der Waals surface area (Å²) in [5.74, 6) is -1.28. The van der Waals surface area contributed by atoms with Gasteiger partial charge in [0.25, 0.3) is 5.91 Å². The molecule has 0 spiro atoms. The number of carbonyl (C=O) groups is 2. The number of carboxylic acids is 1. The smallest absolute Gasteiger partial charge is 0.334 e. The Morgan fingerprint density at radius 2 is 1.89 bits per heavy atom. The fourth-order valence-corrected chi connectivity index (χ4v) is 3.27. The maximum atomic E-state index is 12.9. The topological polar surface area (TPSA) is 84.7 Å². The highest BCUT2D eigenvalue weighted by molar-refractivity contribution is 5.95. The number of hydrogen-bond acceptors (Lipinski definition) is 4. The molecule has 142 valence electrons. The van der Waals surface area contributed by atoms with Crippen LogP contribution < -0.4 is 0 Å². The van der Waals surface area contributed by atoms with Crippen LogP contribution in [0, 0.1) is 0 Å². The van der Waals surface area contributed by atoms with E-state index in [4.69, 9.17) is 9.84 Å². The van der Waals surface area contributed by atoms with E-state index in [1.807, 2.05) is 42.5 Å². The molecule has 7 nitrogen and oxygen atoms in total. The lowest BCUT2D eigenvalue weighted by Crippen LogP contribution is -2.48. The lowest BCUT2D eigenvalue weighted by atomic mass is 10.1. The van der Waals surface area contributed by atoms with E-state index in [1.165, 1.54) is 4.90 Å². The van der Waals surface area contributed by atoms with Gasteiger partial charge in [-0.15, -0.1) is 0 Å². The van der Waals surface area contributed by atoms with Crippen molar-refractivity contribution in [2.24, 2.45) is 0 Å². The third kappa shape index (κ3) is 3.52. The lowest BCUT2D eigenvalue weighted by Gasteiger charge is -2.31. The third-order valence-electron chi connectivity index (χ3n) is 4.68. The van der Waals surface area contributed by atoms with Crippen LogP contribution in [-0.4, -0.2) is 57.5 Å². The number of benzene rings is 2. The molecule has 1 unspecified atom stereocenters. The van der Waals surface area contributed by atoms with Gasteiger partial charge in [-0.05, 0) is 24.3 Å². The Labute approximate surface area is 161 Å². The summed E-state index contributed by atoms with van der Waals surface area (Å²) in [7, 11) is 0. The highest BCUT2D eigenvalue weighted by Crippen LogP contribution is 2.23. The zero-order chi connectivity index (χ0) is 19.5. The zero-order valence-corrected chi connectivity index (χ0v) is 15.1. The van der Waals surface area contributed by atoms with E-state index < -0.39 is 12.1 Å². The molecule has 2 aromatic carbocycles. The van der Waals surface area contributed by atoms with Gasteiger partial charge < -0.3 is 14.7 Å². The van der Waals surface area contributed by atoms with E-state index in [2.05, 4.69) is 5.10 Å². The Balaban J connectivity index is 1.62. The van der Waals surface area contributed by atoms with Gasteiger partial charge in [0.05, 0.1) is 30.7 Å². The van der Waals surface area contributed by atoms with Crippen LogP contribution in [-0.2, 0) is 9.53 Å². The molecule has 0 bridgehead atoms. The van der Waals surface area contributed by atoms with Crippen molar-refractivity contribution in [1.29, 1.82) is 0 Å². The number of carbonyl (C=O) groups excluding carboxylic acids is 1. The Morgan fingerprint density at radius 3 is 2.68 bits per heavy atom. The number of rotatable bonds is 4. The van der Waals surface area contributed by atoms with E-state index in [0.29, 0.717) is 12.1 Å². The molecule has 2 heterocycles. The molecule has 1 amide bonds. The second-order valence-electron chi connectivity index (χ2n) is 6.49. The van der Waals surface area contributed by atoms with Crippen molar-refractivity contribution >= 4 is 11.9 Å². The average molecular weight is 377 g/mol. The van der Waals surface area contributed by atoms with Crippen molar-refractivity contribution in [3.05, 3.63) is 72.4 Å². The number of hydrogen-bond donors (Lipinski definition) is 1. The summed E-state index contributed by atoms with van der Waals surface area (Å²) in [4.78, 5) is 25.6. The number of nitrogens with zero attached hydrogens (tertiary/aromatic N) is 3. The van der Waals surface area contributed by atoms with Crippen molar-refractivity contribution in [1.82, 2.24) is 14.7 Å². The van der Waals surface area contributed by atoms with Crippen molar-refractivity contribution in [2.45, 2.75) is 6.10 Å². The van der Waals surface area contributed by atoms with Crippen molar-refractivity contribution in [2.75, 3.05) is 19.7 Å². The van der Waals surface area contributed by atoms with Crippen LogP contribution in [0.3, 0.4) is 0 Å². The fraction of sp³-hybridized carbons (Fsp3) is 0.190. The van der Waals surface area contributed by atoms with Crippen LogP contribution in [0.15, 0.2) is 66.9 Å². The van der Waals surface area contributed by atoms with Gasteiger partial charge in [-0.3, -0.25) is 4.79 Å². The predicted octanol–water partition coefficient (Wildman–Crippen LogP) is 2.46. The maximum Gasteiger partial charge on any atom is 0.334 e. The van der Waals surface area contributed by atoms with E-state index >= 15 is 0 Å². The van der Waals surface area contributed by atoms with Gasteiger partial charge in [-0.1, -0.05) is 36.4 Å². The van der Waals surface area contributed by atoms with Gasteiger partial charge in [0.15, 0.2) is 6.10 Å². The fourth-order valence-electron chi connectivity index (χ4n) is 3.27. The van der Waals surface area contributed by atoms with Gasteiger partial charge in [0, 0.05) is 17.7 Å². The highest BCUT2D eigenvalue weighted by Gasteiger charge is 2.29. The SMILES string of the molecule is O=C(O)C1CN(C(=O)c2cccc(-n3nccc3-c3ccccc3)c2)CCO1. The first kappa shape index (κ1) is 17.9. The molecule has 1 saturated heterocycles. The Morgan fingerprint density at radius 1 is 1.07 bits per heavy atom. The number of amides is 1. The summed E-state index contributed by atoms with van der Waals surface area (Å²) >= 11 is 0. The lowest BCUT2D eigenvalue weighted by molar-refractivity contribution is -0.154. The molecule has 0 radical (unpaired) electrons. The van der Waals surface area contributed by atoms with Crippen LogP contribution in [0.1, 0.15) is 10.4 Å². The monoisotopic (exact) mass is 377 g/mol. The molecule has 0 aliphatic carbocycles. The maximum absolute atomic E-state index is 12.9. The molecule has 0 saturated carbocycles. The molecule has 1 atom stereocenters. The first-order chi connectivity index (χ1) is 13.6. The largest absolute Gasteiger partial charge is 0.479 e. The number of aliphatic carboxylic acids is 1. The summed E-state index contributed by atoms with van der Waals surface area (Å²) in [6.07, 6.45) is 0.729. The predicted molar refractivity (Wildman–Crippen MR) is 102 cm³/mol. The second-order valence-corrected chi connectivity index (χ2v) is 6.49. The minimum Gasteiger partial charge on any atom is -0.479 e. The molecule has 1 aromatic heterocycles. The summed E-state index contributed by atoms with van der Waals surface area (Å²) in [6, 6.07) is 19.0. The first-order valence-corrected chi connectivity index (χ1v) is 8.97. The van der Waals surface area contributed by atoms with E-state index in [1.54, 1.807) is 29.1 Å². The minimum atomic E-state index is -1.06. The number of carboxylic acid groups (broad SMARTS) is 1. The first-order valence-electron chi connectivity index (χ1n) is 8.97. The molecule has 4 rings (SSSR count). The van der Waals surface area contributed by atoms with Gasteiger partial charge in [0.1, 0.15) is 0 Å². The number of morpholine rings is 1. The number of ether oxygens (including phenoxy) is 1. The summed E-state index contributed by atoms with van der Waals surface area (Å²) in [6.45, 7) is 0.610. The van der Waals surface area contributed by atoms with Crippen molar-refractivity contribution < 1.29 is 19.4 Å². The molecular weight excluding hydrogens is 358 g/mol. The minimum absolute atomic E-state index is 0.0371. The van der Waals surface area contributed by atoms with Gasteiger partial charge in [-0.2, -0.15) is 5.10 Å². The Bertz CT molecular complexity index is 1000. The summed E-state index contributed by atoms with van der Waals surface area (Å²) in [5, 5.41) is 13.5. The Kier molecular flexibility index (Phi) is 4.90. The molecule has 1 aliphatic heterocycles. The molecule has 1 fully saturated rings. The molecular formula is C21H19N3O4. The average Bonchev–Trinajstić information content (AvgIpc) is 3.24. The van der Waals surface area contributed by atoms with Crippen molar-refractivity contribution in [3.63, 3.8) is 0 Å². The van der Waals surface area contributed by atoms with Crippen LogP contribution in [0.5, 0.6) is 0 Å². The highest BCUT2D eigenvalue weighted by atomic mass is 16.5. The van der Waals surface area contributed by atoms with Gasteiger partial charge in [0.2, 0.25) is 0 Å². The van der Waals surface area contributed by atoms with E-state index in [-0.39, 0.29) is 19.1 Å². The van der Waals surface area contributed by atoms with E-state index in [0.717, 1.165) is 16.9 Å². The molecule has 1 aliphatic rings. The summed E-state index contributed by atoms with van der Waals surface area (Å²) in [5.41, 5.74) is 3.19.